The van der Waals surface area contributed by atoms with E-state index in [-0.39, 0.29) is 12.5 Å². The van der Waals surface area contributed by atoms with Crippen molar-refractivity contribution in [2.75, 3.05) is 24.4 Å². The van der Waals surface area contributed by atoms with Crippen LogP contribution in [0, 0.1) is 5.92 Å². The molecule has 1 aliphatic heterocycles. The fourth-order valence-corrected chi connectivity index (χ4v) is 3.86. The molecule has 2 aromatic carbocycles. The molecule has 1 aliphatic rings. The van der Waals surface area contributed by atoms with Gasteiger partial charge in [-0.15, -0.1) is 0 Å². The molecule has 0 saturated carbocycles. The van der Waals surface area contributed by atoms with Crippen molar-refractivity contribution in [3.8, 4) is 5.75 Å². The molecule has 9 heteroatoms. The van der Waals surface area contributed by atoms with Crippen LogP contribution in [0.15, 0.2) is 60.8 Å². The zero-order valence-electron chi connectivity index (χ0n) is 17.6. The molecule has 1 amide bonds. The Hall–Kier alpha value is -3.36. The highest BCUT2D eigenvalue weighted by Gasteiger charge is 2.40. The van der Waals surface area contributed by atoms with Gasteiger partial charge in [0.2, 0.25) is 11.9 Å². The zero-order valence-corrected chi connectivity index (χ0v) is 18.3. The monoisotopic (exact) mass is 453 g/mol. The van der Waals surface area contributed by atoms with Crippen molar-refractivity contribution in [1.82, 2.24) is 14.8 Å². The Morgan fingerprint density at radius 1 is 1.25 bits per heavy atom. The quantitative estimate of drug-likeness (QED) is 0.504. The lowest BCUT2D eigenvalue weighted by atomic mass is 9.88. The van der Waals surface area contributed by atoms with E-state index < -0.39 is 12.0 Å². The van der Waals surface area contributed by atoms with Gasteiger partial charge in [0.05, 0.1) is 13.2 Å². The Kier molecular flexibility index (Phi) is 6.43. The molecule has 32 heavy (non-hydrogen) atoms. The predicted molar refractivity (Wildman–Crippen MR) is 123 cm³/mol. The summed E-state index contributed by atoms with van der Waals surface area (Å²) < 4.78 is 6.89. The van der Waals surface area contributed by atoms with Crippen molar-refractivity contribution in [2.24, 2.45) is 5.92 Å². The number of amides is 1. The summed E-state index contributed by atoms with van der Waals surface area (Å²) in [5.41, 5.74) is 2.02. The van der Waals surface area contributed by atoms with Crippen LogP contribution in [0.25, 0.3) is 0 Å². The first kappa shape index (κ1) is 21.9. The lowest BCUT2D eigenvalue weighted by molar-refractivity contribution is -0.119. The summed E-state index contributed by atoms with van der Waals surface area (Å²) >= 11 is 6.09. The number of nitrogens with zero attached hydrogens (tertiary/aromatic N) is 3. The van der Waals surface area contributed by atoms with Crippen LogP contribution in [-0.2, 0) is 11.2 Å². The molecule has 0 aliphatic carbocycles. The SMILES string of the molecule is C=C1Nc2nc(CCCO)nn2[C@@H](c2ccc(Cl)cc2)[C@@H]1C(=O)Nc1ccc(OC)cc1. The minimum atomic E-state index is -0.654. The summed E-state index contributed by atoms with van der Waals surface area (Å²) in [6.45, 7) is 4.16. The molecule has 0 spiro atoms. The number of aromatic nitrogens is 3. The van der Waals surface area contributed by atoms with E-state index in [1.165, 1.54) is 0 Å². The van der Waals surface area contributed by atoms with Gasteiger partial charge in [0, 0.05) is 29.4 Å². The highest BCUT2D eigenvalue weighted by Crippen LogP contribution is 2.38. The van der Waals surface area contributed by atoms with Gasteiger partial charge in [-0.2, -0.15) is 10.1 Å². The molecule has 0 radical (unpaired) electrons. The van der Waals surface area contributed by atoms with Crippen molar-refractivity contribution in [2.45, 2.75) is 18.9 Å². The minimum absolute atomic E-state index is 0.0531. The van der Waals surface area contributed by atoms with Crippen molar-refractivity contribution in [3.05, 3.63) is 77.2 Å². The van der Waals surface area contributed by atoms with E-state index in [4.69, 9.17) is 21.4 Å². The Morgan fingerprint density at radius 3 is 2.62 bits per heavy atom. The molecule has 4 rings (SSSR count). The number of anilines is 2. The van der Waals surface area contributed by atoms with Crippen LogP contribution in [0.4, 0.5) is 11.6 Å². The van der Waals surface area contributed by atoms with Crippen molar-refractivity contribution in [3.63, 3.8) is 0 Å². The van der Waals surface area contributed by atoms with E-state index in [2.05, 4.69) is 27.3 Å². The largest absolute Gasteiger partial charge is 0.497 e. The Labute approximate surface area is 190 Å². The molecular formula is C23H24ClN5O3. The van der Waals surface area contributed by atoms with Crippen molar-refractivity contribution >= 4 is 29.1 Å². The molecule has 0 unspecified atom stereocenters. The second-order valence-corrected chi connectivity index (χ2v) is 7.90. The summed E-state index contributed by atoms with van der Waals surface area (Å²) in [5.74, 6) is 0.915. The van der Waals surface area contributed by atoms with Crippen LogP contribution in [0.1, 0.15) is 23.9 Å². The highest BCUT2D eigenvalue weighted by atomic mass is 35.5. The summed E-state index contributed by atoms with van der Waals surface area (Å²) in [6.07, 6.45) is 1.08. The molecule has 0 saturated heterocycles. The number of carbonyl (C=O) groups excluding carboxylic acids is 1. The number of hydrogen-bond donors (Lipinski definition) is 3. The van der Waals surface area contributed by atoms with Gasteiger partial charge >= 0.3 is 0 Å². The molecular weight excluding hydrogens is 430 g/mol. The van der Waals surface area contributed by atoms with Gasteiger partial charge in [-0.1, -0.05) is 30.3 Å². The van der Waals surface area contributed by atoms with Crippen LogP contribution in [0.3, 0.4) is 0 Å². The summed E-state index contributed by atoms with van der Waals surface area (Å²) in [6, 6.07) is 14.0. The molecule has 0 fully saturated rings. The number of nitrogens with one attached hydrogen (secondary N) is 2. The lowest BCUT2D eigenvalue weighted by Gasteiger charge is -2.33. The minimum Gasteiger partial charge on any atom is -0.497 e. The maximum absolute atomic E-state index is 13.4. The van der Waals surface area contributed by atoms with Crippen molar-refractivity contribution in [1.29, 1.82) is 0 Å². The molecule has 2 atom stereocenters. The van der Waals surface area contributed by atoms with Gasteiger partial charge in [0.15, 0.2) is 5.82 Å². The van der Waals surface area contributed by atoms with Gasteiger partial charge in [-0.05, 0) is 48.4 Å². The maximum Gasteiger partial charge on any atom is 0.235 e. The predicted octanol–water partition coefficient (Wildman–Crippen LogP) is 3.65. The summed E-state index contributed by atoms with van der Waals surface area (Å²) in [5, 5.41) is 20.5. The van der Waals surface area contributed by atoms with E-state index in [0.717, 1.165) is 5.56 Å². The number of aliphatic hydroxyl groups is 1. The van der Waals surface area contributed by atoms with Crippen LogP contribution in [0.2, 0.25) is 5.02 Å². The van der Waals surface area contributed by atoms with Gasteiger partial charge in [0.25, 0.3) is 0 Å². The van der Waals surface area contributed by atoms with E-state index in [0.29, 0.717) is 46.8 Å². The number of rotatable bonds is 7. The van der Waals surface area contributed by atoms with Crippen LogP contribution in [0.5, 0.6) is 5.75 Å². The zero-order chi connectivity index (χ0) is 22.7. The number of benzene rings is 2. The first-order valence-corrected chi connectivity index (χ1v) is 10.6. The molecule has 0 bridgehead atoms. The third-order valence-corrected chi connectivity index (χ3v) is 5.56. The van der Waals surface area contributed by atoms with E-state index >= 15 is 0 Å². The number of methoxy groups -OCH3 is 1. The Morgan fingerprint density at radius 2 is 1.97 bits per heavy atom. The third kappa shape index (κ3) is 4.46. The molecule has 8 nitrogen and oxygen atoms in total. The molecule has 166 valence electrons. The van der Waals surface area contributed by atoms with E-state index in [1.54, 1.807) is 48.2 Å². The Balaban J connectivity index is 1.70. The molecule has 1 aromatic heterocycles. The number of hydrogen-bond acceptors (Lipinski definition) is 6. The fourth-order valence-electron chi connectivity index (χ4n) is 3.73. The third-order valence-electron chi connectivity index (χ3n) is 5.31. The standard InChI is InChI=1S/C23H24ClN5O3/c1-14-20(22(31)26-17-9-11-18(32-2)12-10-17)21(15-5-7-16(24)8-6-15)29-23(25-14)27-19(28-29)4-3-13-30/h5-12,20-21,30H,1,3-4,13H2,2H3,(H,26,31)(H,25,27,28)/t20-,21+/m1/s1. The van der Waals surface area contributed by atoms with Crippen LogP contribution < -0.4 is 15.4 Å². The Bertz CT molecular complexity index is 1110. The molecule has 3 aromatic rings. The van der Waals surface area contributed by atoms with Gasteiger partial charge in [-0.3, -0.25) is 4.79 Å². The second kappa shape index (κ2) is 9.42. The average Bonchev–Trinajstić information content (AvgIpc) is 3.20. The molecule has 3 N–H and O–H groups in total. The lowest BCUT2D eigenvalue weighted by Crippen LogP contribution is -2.39. The number of ether oxygens (including phenoxy) is 1. The number of halogens is 1. The first-order chi connectivity index (χ1) is 15.5. The van der Waals surface area contributed by atoms with Gasteiger partial charge in [-0.25, -0.2) is 4.68 Å². The van der Waals surface area contributed by atoms with E-state index in [1.807, 2.05) is 12.1 Å². The number of fused-ring (bicyclic) bond motifs is 1. The summed E-state index contributed by atoms with van der Waals surface area (Å²) in [7, 11) is 1.59. The smallest absolute Gasteiger partial charge is 0.235 e. The van der Waals surface area contributed by atoms with E-state index in [9.17, 15) is 4.79 Å². The molecule has 2 heterocycles. The van der Waals surface area contributed by atoms with Gasteiger partial charge in [0.1, 0.15) is 11.7 Å². The second-order valence-electron chi connectivity index (χ2n) is 7.47. The topological polar surface area (TPSA) is 101 Å². The maximum atomic E-state index is 13.4. The van der Waals surface area contributed by atoms with Crippen LogP contribution in [-0.4, -0.2) is 39.5 Å². The van der Waals surface area contributed by atoms with Gasteiger partial charge < -0.3 is 20.5 Å². The summed E-state index contributed by atoms with van der Waals surface area (Å²) in [4.78, 5) is 17.9. The number of aliphatic hydroxyl groups excluding tert-OH is 1. The fraction of sp³-hybridized carbons (Fsp3) is 0.261. The van der Waals surface area contributed by atoms with Crippen LogP contribution >= 0.6 is 11.6 Å². The normalized spacial score (nSPS) is 17.4. The number of aryl methyl sites for hydroxylation is 1. The highest BCUT2D eigenvalue weighted by molar-refractivity contribution is 6.30. The number of carbonyl (C=O) groups is 1. The van der Waals surface area contributed by atoms with Crippen molar-refractivity contribution < 1.29 is 14.6 Å². The first-order valence-electron chi connectivity index (χ1n) is 10.2. The average molecular weight is 454 g/mol.